The summed E-state index contributed by atoms with van der Waals surface area (Å²) in [5.41, 5.74) is 0.224. The van der Waals surface area contributed by atoms with E-state index >= 15 is 0 Å². The van der Waals surface area contributed by atoms with Crippen molar-refractivity contribution in [1.82, 2.24) is 25.9 Å². The largest absolute Gasteiger partial charge is 0.302 e. The van der Waals surface area contributed by atoms with E-state index in [1.54, 1.807) is 0 Å². The first-order valence-electron chi connectivity index (χ1n) is 6.03. The highest BCUT2D eigenvalue weighted by atomic mass is 32.1. The molecule has 1 atom stereocenters. The van der Waals surface area contributed by atoms with E-state index in [0.29, 0.717) is 5.82 Å². The lowest BCUT2D eigenvalue weighted by Crippen LogP contribution is -2.18. The van der Waals surface area contributed by atoms with Gasteiger partial charge in [0.05, 0.1) is 6.04 Å². The molecule has 2 heterocycles. The summed E-state index contributed by atoms with van der Waals surface area (Å²) in [4.78, 5) is 2.74. The molecule has 0 radical (unpaired) electrons. The van der Waals surface area contributed by atoms with Crippen LogP contribution in [-0.4, -0.2) is 20.6 Å². The third kappa shape index (κ3) is 3.14. The first-order chi connectivity index (χ1) is 8.47. The zero-order chi connectivity index (χ0) is 13.2. The number of thiophene rings is 1. The van der Waals surface area contributed by atoms with E-state index < -0.39 is 0 Å². The number of nitrogens with one attached hydrogen (secondary N) is 2. The van der Waals surface area contributed by atoms with Gasteiger partial charge < -0.3 is 5.32 Å². The summed E-state index contributed by atoms with van der Waals surface area (Å²) in [5.74, 6) is 0.697. The van der Waals surface area contributed by atoms with Crippen LogP contribution in [0.1, 0.15) is 49.3 Å². The minimum Gasteiger partial charge on any atom is -0.302 e. The van der Waals surface area contributed by atoms with Crippen LogP contribution in [0.25, 0.3) is 0 Å². The molecule has 0 bridgehead atoms. The zero-order valence-corrected chi connectivity index (χ0v) is 12.0. The van der Waals surface area contributed by atoms with Gasteiger partial charge in [-0.15, -0.1) is 21.5 Å². The maximum atomic E-state index is 3.97. The van der Waals surface area contributed by atoms with Gasteiger partial charge >= 0.3 is 0 Å². The third-order valence-corrected chi connectivity index (χ3v) is 4.24. The summed E-state index contributed by atoms with van der Waals surface area (Å²) < 4.78 is 0. The Balaban J connectivity index is 1.93. The molecular formula is C12H19N5S. The Labute approximate surface area is 111 Å². The number of hydrogen-bond acceptors (Lipinski definition) is 5. The molecule has 2 N–H and O–H groups in total. The van der Waals surface area contributed by atoms with E-state index in [2.05, 4.69) is 58.8 Å². The maximum absolute atomic E-state index is 3.97. The smallest absolute Gasteiger partial charge is 0.191 e. The van der Waals surface area contributed by atoms with Crippen LogP contribution in [0, 0.1) is 0 Å². The van der Waals surface area contributed by atoms with Crippen LogP contribution in [0.4, 0.5) is 0 Å². The van der Waals surface area contributed by atoms with E-state index in [1.807, 2.05) is 18.3 Å². The van der Waals surface area contributed by atoms with Crippen molar-refractivity contribution in [3.63, 3.8) is 0 Å². The van der Waals surface area contributed by atoms with Crippen LogP contribution < -0.4 is 5.32 Å². The summed E-state index contributed by atoms with van der Waals surface area (Å²) in [5, 5.41) is 17.4. The van der Waals surface area contributed by atoms with Crippen LogP contribution in [-0.2, 0) is 12.0 Å². The second-order valence-corrected chi connectivity index (χ2v) is 6.56. The molecule has 0 aliphatic carbocycles. The van der Waals surface area contributed by atoms with Gasteiger partial charge in [-0.1, -0.05) is 26.0 Å². The van der Waals surface area contributed by atoms with Gasteiger partial charge in [0.1, 0.15) is 0 Å². The number of aromatic amines is 1. The van der Waals surface area contributed by atoms with Crippen molar-refractivity contribution in [2.75, 3.05) is 0 Å². The first kappa shape index (κ1) is 13.2. The second kappa shape index (κ2) is 5.16. The minimum atomic E-state index is 0.101. The third-order valence-electron chi connectivity index (χ3n) is 2.73. The number of nitrogens with zero attached hydrogens (tertiary/aromatic N) is 3. The lowest BCUT2D eigenvalue weighted by Gasteiger charge is -2.15. The van der Waals surface area contributed by atoms with E-state index in [4.69, 9.17) is 0 Å². The van der Waals surface area contributed by atoms with Crippen molar-refractivity contribution in [2.45, 2.75) is 45.7 Å². The first-order valence-corrected chi connectivity index (χ1v) is 6.84. The average molecular weight is 265 g/mol. The summed E-state index contributed by atoms with van der Waals surface area (Å²) in [7, 11) is 0. The number of aromatic nitrogens is 4. The van der Waals surface area contributed by atoms with Gasteiger partial charge in [-0.2, -0.15) is 5.21 Å². The van der Waals surface area contributed by atoms with E-state index in [-0.39, 0.29) is 11.5 Å². The average Bonchev–Trinajstić information content (AvgIpc) is 2.96. The molecule has 6 heteroatoms. The number of tetrazole rings is 1. The van der Waals surface area contributed by atoms with Crippen molar-refractivity contribution in [2.24, 2.45) is 0 Å². The summed E-state index contributed by atoms with van der Waals surface area (Å²) in [6.07, 6.45) is 0. The molecule has 2 rings (SSSR count). The molecule has 2 aromatic heterocycles. The molecule has 98 valence electrons. The Morgan fingerprint density at radius 3 is 2.72 bits per heavy atom. The lowest BCUT2D eigenvalue weighted by molar-refractivity contribution is 0.550. The van der Waals surface area contributed by atoms with Gasteiger partial charge in [0.2, 0.25) is 0 Å². The topological polar surface area (TPSA) is 66.5 Å². The predicted molar refractivity (Wildman–Crippen MR) is 72.5 cm³/mol. The van der Waals surface area contributed by atoms with E-state index in [0.717, 1.165) is 6.54 Å². The monoisotopic (exact) mass is 265 g/mol. The fourth-order valence-electron chi connectivity index (χ4n) is 1.57. The van der Waals surface area contributed by atoms with Gasteiger partial charge in [0.15, 0.2) is 5.82 Å². The molecule has 0 fully saturated rings. The number of hydrogen-bond donors (Lipinski definition) is 2. The molecule has 5 nitrogen and oxygen atoms in total. The van der Waals surface area contributed by atoms with Crippen molar-refractivity contribution in [3.05, 3.63) is 27.7 Å². The van der Waals surface area contributed by atoms with Crippen LogP contribution in [0.5, 0.6) is 0 Å². The predicted octanol–water partition coefficient (Wildman–Crippen LogP) is 2.41. The Bertz CT molecular complexity index is 483. The Kier molecular flexibility index (Phi) is 3.77. The maximum Gasteiger partial charge on any atom is 0.191 e. The zero-order valence-electron chi connectivity index (χ0n) is 11.2. The summed E-state index contributed by atoms with van der Waals surface area (Å²) in [6, 6.07) is 4.49. The normalized spacial score (nSPS) is 13.8. The van der Waals surface area contributed by atoms with Gasteiger partial charge in [-0.05, 0) is 24.5 Å². The quantitative estimate of drug-likeness (QED) is 0.891. The molecule has 0 aromatic carbocycles. The molecule has 2 aromatic rings. The molecule has 0 saturated carbocycles. The second-order valence-electron chi connectivity index (χ2n) is 5.39. The van der Waals surface area contributed by atoms with Crippen molar-refractivity contribution in [3.8, 4) is 0 Å². The highest BCUT2D eigenvalue weighted by molar-refractivity contribution is 7.12. The minimum absolute atomic E-state index is 0.101. The molecule has 18 heavy (non-hydrogen) atoms. The molecule has 0 aliphatic heterocycles. The Morgan fingerprint density at radius 2 is 2.17 bits per heavy atom. The standard InChI is InChI=1S/C12H19N5S/c1-8(11-14-16-17-15-11)13-7-9-5-6-10(18-9)12(2,3)4/h5-6,8,13H,7H2,1-4H3,(H,14,15,16,17). The Hall–Kier alpha value is -1.27. The molecule has 0 saturated heterocycles. The molecule has 0 aliphatic rings. The van der Waals surface area contributed by atoms with Crippen molar-refractivity contribution < 1.29 is 0 Å². The van der Waals surface area contributed by atoms with Crippen LogP contribution >= 0.6 is 11.3 Å². The van der Waals surface area contributed by atoms with E-state index in [9.17, 15) is 0 Å². The summed E-state index contributed by atoms with van der Waals surface area (Å²) in [6.45, 7) is 9.56. The highest BCUT2D eigenvalue weighted by Gasteiger charge is 2.16. The van der Waals surface area contributed by atoms with Gasteiger partial charge in [-0.25, -0.2) is 0 Å². The molecule has 0 amide bonds. The van der Waals surface area contributed by atoms with Crippen molar-refractivity contribution in [1.29, 1.82) is 0 Å². The van der Waals surface area contributed by atoms with E-state index in [1.165, 1.54) is 9.75 Å². The fraction of sp³-hybridized carbons (Fsp3) is 0.583. The van der Waals surface area contributed by atoms with Crippen LogP contribution in [0.3, 0.4) is 0 Å². The van der Waals surface area contributed by atoms with Gasteiger partial charge in [0.25, 0.3) is 0 Å². The SMILES string of the molecule is CC(NCc1ccc(C(C)(C)C)s1)c1nn[nH]n1. The molecule has 1 unspecified atom stereocenters. The van der Waals surface area contributed by atoms with Gasteiger partial charge in [0, 0.05) is 16.3 Å². The fourth-order valence-corrected chi connectivity index (χ4v) is 2.59. The molecule has 0 spiro atoms. The van der Waals surface area contributed by atoms with Crippen LogP contribution in [0.2, 0.25) is 0 Å². The number of rotatable bonds is 4. The summed E-state index contributed by atoms with van der Waals surface area (Å²) >= 11 is 1.85. The highest BCUT2D eigenvalue weighted by Crippen LogP contribution is 2.29. The van der Waals surface area contributed by atoms with Crippen LogP contribution in [0.15, 0.2) is 12.1 Å². The van der Waals surface area contributed by atoms with Crippen molar-refractivity contribution >= 4 is 11.3 Å². The Morgan fingerprint density at radius 1 is 1.39 bits per heavy atom. The van der Waals surface area contributed by atoms with Gasteiger partial charge in [-0.3, -0.25) is 0 Å². The molecular weight excluding hydrogens is 246 g/mol. The number of H-pyrrole nitrogens is 1. The lowest BCUT2D eigenvalue weighted by atomic mass is 9.95.